The maximum absolute atomic E-state index is 10.0. The molecular weight excluding hydrogens is 581 g/mol. The van der Waals surface area contributed by atoms with E-state index in [9.17, 15) is 10.2 Å². The highest BCUT2D eigenvalue weighted by atomic mass is 33.1. The van der Waals surface area contributed by atoms with Gasteiger partial charge in [0.1, 0.15) is 9.40 Å². The third-order valence-corrected chi connectivity index (χ3v) is 10.1. The van der Waals surface area contributed by atoms with Crippen molar-refractivity contribution in [2.75, 3.05) is 51.3 Å². The molecule has 4 rings (SSSR count). The van der Waals surface area contributed by atoms with Crippen molar-refractivity contribution in [3.05, 3.63) is 0 Å². The van der Waals surface area contributed by atoms with Gasteiger partial charge in [0.2, 0.25) is 10.3 Å². The molecule has 0 aliphatic heterocycles. The van der Waals surface area contributed by atoms with Gasteiger partial charge in [0.15, 0.2) is 22.9 Å². The number of rotatable bonds is 14. The van der Waals surface area contributed by atoms with E-state index in [0.29, 0.717) is 43.6 Å². The molecule has 0 unspecified atom stereocenters. The lowest BCUT2D eigenvalue weighted by molar-refractivity contribution is 0.255. The van der Waals surface area contributed by atoms with E-state index in [1.54, 1.807) is 14.2 Å². The maximum atomic E-state index is 10.0. The zero-order valence-corrected chi connectivity index (χ0v) is 25.9. The fourth-order valence-electron chi connectivity index (χ4n) is 3.96. The number of aliphatic hydroxyl groups is 2. The van der Waals surface area contributed by atoms with Crippen LogP contribution in [0, 0.1) is 0 Å². The first-order valence-corrected chi connectivity index (χ1v) is 16.1. The molecule has 4 aromatic rings. The van der Waals surface area contributed by atoms with Crippen LogP contribution in [-0.2, 0) is 0 Å². The van der Waals surface area contributed by atoms with Gasteiger partial charge in [-0.15, -0.1) is 0 Å². The zero-order chi connectivity index (χ0) is 28.1. The molecule has 0 aromatic carbocycles. The van der Waals surface area contributed by atoms with Crippen LogP contribution in [-0.4, -0.2) is 93.7 Å². The van der Waals surface area contributed by atoms with Gasteiger partial charge in [-0.25, -0.2) is 19.9 Å². The van der Waals surface area contributed by atoms with Gasteiger partial charge in [0.05, 0.1) is 39.5 Å². The molecule has 0 aliphatic rings. The lowest BCUT2D eigenvalue weighted by atomic mass is 10.1. The SMILES string of the molecule is CCC[C@H](CO)N(C)c1nc(SSc2nc(N(C)[C@H](CC)CO)c3sc(OC)nc3n2)nc2nc(OC)sc12. The number of anilines is 2. The van der Waals surface area contributed by atoms with Crippen LogP contribution in [0.3, 0.4) is 0 Å². The summed E-state index contributed by atoms with van der Waals surface area (Å²) in [6.45, 7) is 4.12. The monoisotopic (exact) mass is 612 g/mol. The summed E-state index contributed by atoms with van der Waals surface area (Å²) >= 11 is 2.74. The van der Waals surface area contributed by atoms with Crippen LogP contribution in [0.4, 0.5) is 11.6 Å². The third kappa shape index (κ3) is 6.41. The lowest BCUT2D eigenvalue weighted by Crippen LogP contribution is -2.35. The number of likely N-dealkylation sites (N-methyl/N-ethyl adjacent to an activating group) is 2. The molecule has 0 radical (unpaired) electrons. The van der Waals surface area contributed by atoms with E-state index >= 15 is 0 Å². The van der Waals surface area contributed by atoms with E-state index in [-0.39, 0.29) is 25.3 Å². The van der Waals surface area contributed by atoms with E-state index in [0.717, 1.165) is 28.7 Å². The molecule has 0 fully saturated rings. The number of aromatic nitrogens is 6. The van der Waals surface area contributed by atoms with Crippen molar-refractivity contribution in [2.24, 2.45) is 0 Å². The van der Waals surface area contributed by atoms with Crippen molar-refractivity contribution in [1.29, 1.82) is 0 Å². The molecule has 0 aliphatic carbocycles. The van der Waals surface area contributed by atoms with Crippen LogP contribution < -0.4 is 19.3 Å². The number of nitrogens with zero attached hydrogens (tertiary/aromatic N) is 8. The van der Waals surface area contributed by atoms with Crippen LogP contribution >= 0.6 is 44.3 Å². The number of aliphatic hydroxyl groups excluding tert-OH is 2. The van der Waals surface area contributed by atoms with Gasteiger partial charge in [0.25, 0.3) is 10.4 Å². The van der Waals surface area contributed by atoms with Crippen LogP contribution in [0.2, 0.25) is 0 Å². The normalized spacial score (nSPS) is 13.1. The maximum Gasteiger partial charge on any atom is 0.275 e. The molecule has 0 bridgehead atoms. The molecule has 4 aromatic heterocycles. The number of thiazole rings is 2. The van der Waals surface area contributed by atoms with E-state index in [2.05, 4.69) is 26.9 Å². The van der Waals surface area contributed by atoms with Crippen molar-refractivity contribution in [3.63, 3.8) is 0 Å². The molecule has 39 heavy (non-hydrogen) atoms. The summed E-state index contributed by atoms with van der Waals surface area (Å²) in [5.41, 5.74) is 1.05. The summed E-state index contributed by atoms with van der Waals surface area (Å²) in [4.78, 5) is 31.9. The predicted octanol–water partition coefficient (Wildman–Crippen LogP) is 4.11. The Kier molecular flexibility index (Phi) is 10.2. The van der Waals surface area contributed by atoms with Crippen LogP contribution in [0.15, 0.2) is 10.3 Å². The van der Waals surface area contributed by atoms with E-state index < -0.39 is 0 Å². The number of ether oxygens (including phenoxy) is 2. The molecule has 0 saturated heterocycles. The number of fused-ring (bicyclic) bond motifs is 2. The van der Waals surface area contributed by atoms with Crippen molar-refractivity contribution in [3.8, 4) is 10.4 Å². The number of methoxy groups -OCH3 is 2. The van der Waals surface area contributed by atoms with E-state index in [1.807, 2.05) is 30.8 Å². The zero-order valence-electron chi connectivity index (χ0n) is 22.6. The fourth-order valence-corrected chi connectivity index (χ4v) is 7.20. The first-order chi connectivity index (χ1) is 18.9. The highest BCUT2D eigenvalue weighted by molar-refractivity contribution is 8.76. The molecule has 0 spiro atoms. The van der Waals surface area contributed by atoms with Gasteiger partial charge in [-0.1, -0.05) is 42.9 Å². The molecule has 16 heteroatoms. The van der Waals surface area contributed by atoms with Crippen LogP contribution in [0.5, 0.6) is 10.4 Å². The van der Waals surface area contributed by atoms with Gasteiger partial charge >= 0.3 is 0 Å². The summed E-state index contributed by atoms with van der Waals surface area (Å²) in [6.07, 6.45) is 2.50. The van der Waals surface area contributed by atoms with Gasteiger partial charge in [-0.05, 0) is 34.4 Å². The van der Waals surface area contributed by atoms with Crippen LogP contribution in [0.25, 0.3) is 20.7 Å². The quantitative estimate of drug-likeness (QED) is 0.156. The van der Waals surface area contributed by atoms with Crippen molar-refractivity contribution in [2.45, 2.75) is 55.5 Å². The molecule has 2 N–H and O–H groups in total. The minimum Gasteiger partial charge on any atom is -0.473 e. The minimum absolute atomic E-state index is 0.000220. The van der Waals surface area contributed by atoms with Gasteiger partial charge in [0, 0.05) is 14.1 Å². The average molecular weight is 613 g/mol. The Balaban J connectivity index is 1.70. The summed E-state index contributed by atoms with van der Waals surface area (Å²) < 4.78 is 12.3. The Labute approximate surface area is 242 Å². The molecule has 12 nitrogen and oxygen atoms in total. The van der Waals surface area contributed by atoms with Crippen LogP contribution in [0.1, 0.15) is 33.1 Å². The third-order valence-electron chi connectivity index (χ3n) is 6.21. The lowest BCUT2D eigenvalue weighted by Gasteiger charge is -2.27. The smallest absolute Gasteiger partial charge is 0.275 e. The summed E-state index contributed by atoms with van der Waals surface area (Å²) in [5, 5.41) is 21.8. The van der Waals surface area contributed by atoms with Gasteiger partial charge in [-0.3, -0.25) is 0 Å². The van der Waals surface area contributed by atoms with Crippen molar-refractivity contribution >= 4 is 76.6 Å². The predicted molar refractivity (Wildman–Crippen MR) is 159 cm³/mol. The molecule has 4 heterocycles. The Morgan fingerprint density at radius 1 is 0.744 bits per heavy atom. The largest absolute Gasteiger partial charge is 0.473 e. The molecule has 212 valence electrons. The van der Waals surface area contributed by atoms with Crippen molar-refractivity contribution < 1.29 is 19.7 Å². The van der Waals surface area contributed by atoms with Gasteiger partial charge in [-0.2, -0.15) is 9.97 Å². The molecular formula is C23H32N8O4S4. The fraction of sp³-hybridized carbons (Fsp3) is 0.565. The summed E-state index contributed by atoms with van der Waals surface area (Å²) in [5.74, 6) is 1.36. The summed E-state index contributed by atoms with van der Waals surface area (Å²) in [7, 11) is 9.59. The topological polar surface area (TPSA) is 143 Å². The molecule has 2 atom stereocenters. The first kappa shape index (κ1) is 29.7. The standard InChI is InChI=1S/C23H32N8O4S4/c1-7-9-13(11-33)31(4)19-15-17(27-23(35-6)37-15)25-21(29-19)39-38-20-24-16-14(36-22(26-16)34-5)18(28-20)30(3)12(8-2)10-32/h12-13,32-33H,7-11H2,1-6H3/t12-,13-/m1/s1. The summed E-state index contributed by atoms with van der Waals surface area (Å²) in [6, 6.07) is -0.194. The Hall–Kier alpha value is -2.24. The van der Waals surface area contributed by atoms with Crippen molar-refractivity contribution in [1.82, 2.24) is 29.9 Å². The van der Waals surface area contributed by atoms with E-state index in [1.165, 1.54) is 44.3 Å². The van der Waals surface area contributed by atoms with Gasteiger partial charge < -0.3 is 29.5 Å². The average Bonchev–Trinajstić information content (AvgIpc) is 3.57. The number of hydrogen-bond donors (Lipinski definition) is 2. The second kappa shape index (κ2) is 13.4. The van der Waals surface area contributed by atoms with E-state index in [4.69, 9.17) is 19.4 Å². The highest BCUT2D eigenvalue weighted by Gasteiger charge is 2.24. The Morgan fingerprint density at radius 2 is 1.21 bits per heavy atom. The minimum atomic E-state index is -0.104. The Morgan fingerprint density at radius 3 is 1.59 bits per heavy atom. The molecule has 0 saturated carbocycles. The first-order valence-electron chi connectivity index (χ1n) is 12.3. The second-order valence-electron chi connectivity index (χ2n) is 8.59. The Bertz CT molecular complexity index is 1400. The highest BCUT2D eigenvalue weighted by Crippen LogP contribution is 2.41. The number of hydrogen-bond acceptors (Lipinski definition) is 16. The second-order valence-corrected chi connectivity index (χ2v) is 12.6. The molecule has 0 amide bonds.